The molecule has 0 saturated carbocycles. The predicted molar refractivity (Wildman–Crippen MR) is 105 cm³/mol. The maximum Gasteiger partial charge on any atom is 0.408 e. The van der Waals surface area contributed by atoms with Gasteiger partial charge in [-0.05, 0) is 41.1 Å². The first-order valence-corrected chi connectivity index (χ1v) is 9.43. The van der Waals surface area contributed by atoms with E-state index in [1.54, 1.807) is 6.07 Å². The summed E-state index contributed by atoms with van der Waals surface area (Å²) in [5.41, 5.74) is -1.11. The number of anilines is 1. The quantitative estimate of drug-likeness (QED) is 0.352. The van der Waals surface area contributed by atoms with Gasteiger partial charge in [0.05, 0.1) is 20.8 Å². The number of nitrogens with one attached hydrogen (secondary N) is 2. The number of Topliss-reactive ketones (excluding diaryl/α,β-unsaturated/α-hetero) is 1. The van der Waals surface area contributed by atoms with E-state index < -0.39 is 46.2 Å². The normalized spacial score (nSPS) is 12.1. The highest BCUT2D eigenvalue weighted by molar-refractivity contribution is 9.10. The van der Waals surface area contributed by atoms with Crippen LogP contribution in [0.15, 0.2) is 22.8 Å². The minimum Gasteiger partial charge on any atom is -0.338 e. The van der Waals surface area contributed by atoms with Gasteiger partial charge in [0.2, 0.25) is 0 Å². The molecule has 1 atom stereocenters. The molecule has 1 aromatic heterocycles. The first kappa shape index (κ1) is 24.4. The van der Waals surface area contributed by atoms with Crippen molar-refractivity contribution in [2.24, 2.45) is 7.05 Å². The molecule has 0 aliphatic rings. The van der Waals surface area contributed by atoms with E-state index in [4.69, 9.17) is 16.9 Å². The average Bonchev–Trinajstić information content (AvgIpc) is 2.90. The van der Waals surface area contributed by atoms with Crippen molar-refractivity contribution in [3.8, 4) is 6.07 Å². The monoisotopic (exact) mass is 522 g/mol. The largest absolute Gasteiger partial charge is 0.408 e. The number of rotatable bonds is 5. The SMILES string of the molecule is C[C@@H](NC(=O)C(=O)c1c(Cl)c(C(=O)Nc2ccc(F)c(C#N)c2)n(C)c1Br)C(F)(F)F. The van der Waals surface area contributed by atoms with Crippen molar-refractivity contribution >= 4 is 50.8 Å². The number of alkyl halides is 3. The topological polar surface area (TPSA) is 104 Å². The molecule has 0 aliphatic heterocycles. The fraction of sp³-hybridized carbons (Fsp3) is 0.222. The molecular formula is C18H12BrClF4N4O3. The second-order valence-corrected chi connectivity index (χ2v) is 7.34. The van der Waals surface area contributed by atoms with Crippen molar-refractivity contribution in [1.29, 1.82) is 5.26 Å². The number of amides is 2. The van der Waals surface area contributed by atoms with Crippen LogP contribution in [0.5, 0.6) is 0 Å². The molecular weight excluding hydrogens is 512 g/mol. The molecule has 1 heterocycles. The molecule has 1 aromatic carbocycles. The summed E-state index contributed by atoms with van der Waals surface area (Å²) in [5.74, 6) is -4.64. The van der Waals surface area contributed by atoms with E-state index in [2.05, 4.69) is 21.2 Å². The van der Waals surface area contributed by atoms with Crippen LogP contribution in [0.4, 0.5) is 23.2 Å². The van der Waals surface area contributed by atoms with E-state index in [0.717, 1.165) is 16.7 Å². The highest BCUT2D eigenvalue weighted by atomic mass is 79.9. The van der Waals surface area contributed by atoms with Crippen molar-refractivity contribution in [1.82, 2.24) is 9.88 Å². The smallest absolute Gasteiger partial charge is 0.338 e. The maximum absolute atomic E-state index is 13.4. The van der Waals surface area contributed by atoms with Gasteiger partial charge in [0.15, 0.2) is 0 Å². The molecule has 0 bridgehead atoms. The number of nitriles is 1. The number of nitrogens with zero attached hydrogens (tertiary/aromatic N) is 2. The van der Waals surface area contributed by atoms with Crippen molar-refractivity contribution in [2.75, 3.05) is 5.32 Å². The number of halogens is 6. The minimum absolute atomic E-state index is 0.0426. The molecule has 164 valence electrons. The standard InChI is InChI=1S/C18H12BrClF4N4O3/c1-7(18(22,23)24)26-17(31)14(29)11-12(20)13(28(2)15(11)19)16(30)27-9-3-4-10(21)8(5-9)6-25/h3-5,7H,1-2H3,(H,26,31)(H,27,30)/t7-/m1/s1. The molecule has 2 rings (SSSR count). The van der Waals surface area contributed by atoms with Gasteiger partial charge in [-0.15, -0.1) is 0 Å². The summed E-state index contributed by atoms with van der Waals surface area (Å²) in [6, 6.07) is 2.51. The molecule has 0 saturated heterocycles. The van der Waals surface area contributed by atoms with E-state index in [0.29, 0.717) is 6.92 Å². The van der Waals surface area contributed by atoms with E-state index in [1.807, 2.05) is 0 Å². The van der Waals surface area contributed by atoms with E-state index in [9.17, 15) is 31.9 Å². The number of benzene rings is 1. The number of aromatic nitrogens is 1. The van der Waals surface area contributed by atoms with Gasteiger partial charge in [-0.25, -0.2) is 4.39 Å². The van der Waals surface area contributed by atoms with Gasteiger partial charge in [-0.3, -0.25) is 14.4 Å². The Balaban J connectivity index is 2.35. The van der Waals surface area contributed by atoms with Gasteiger partial charge in [-0.2, -0.15) is 18.4 Å². The van der Waals surface area contributed by atoms with Crippen LogP contribution in [0.25, 0.3) is 0 Å². The second kappa shape index (κ2) is 9.07. The van der Waals surface area contributed by atoms with Gasteiger partial charge in [-0.1, -0.05) is 11.6 Å². The van der Waals surface area contributed by atoms with Crippen LogP contribution in [-0.4, -0.2) is 34.4 Å². The lowest BCUT2D eigenvalue weighted by Gasteiger charge is -2.16. The third-order valence-corrected chi connectivity index (χ3v) is 5.39. The summed E-state index contributed by atoms with van der Waals surface area (Å²) in [7, 11) is 1.31. The molecule has 31 heavy (non-hydrogen) atoms. The number of carbonyl (C=O) groups is 3. The molecule has 0 fully saturated rings. The fourth-order valence-corrected chi connectivity index (χ4v) is 3.46. The van der Waals surface area contributed by atoms with Crippen LogP contribution in [0, 0.1) is 17.1 Å². The molecule has 0 aliphatic carbocycles. The van der Waals surface area contributed by atoms with Crippen molar-refractivity contribution in [3.63, 3.8) is 0 Å². The molecule has 0 unspecified atom stereocenters. The predicted octanol–water partition coefficient (Wildman–Crippen LogP) is 3.95. The minimum atomic E-state index is -4.77. The molecule has 0 spiro atoms. The summed E-state index contributed by atoms with van der Waals surface area (Å²) in [4.78, 5) is 37.0. The second-order valence-electron chi connectivity index (χ2n) is 6.21. The van der Waals surface area contributed by atoms with Crippen LogP contribution in [0.2, 0.25) is 5.02 Å². The first-order chi connectivity index (χ1) is 14.3. The van der Waals surface area contributed by atoms with Crippen LogP contribution < -0.4 is 10.6 Å². The molecule has 7 nitrogen and oxygen atoms in total. The van der Waals surface area contributed by atoms with Gasteiger partial charge >= 0.3 is 6.18 Å². The van der Waals surface area contributed by atoms with Gasteiger partial charge < -0.3 is 15.2 Å². The van der Waals surface area contributed by atoms with Crippen LogP contribution in [0.3, 0.4) is 0 Å². The third-order valence-electron chi connectivity index (χ3n) is 4.10. The summed E-state index contributed by atoms with van der Waals surface area (Å²) in [6.07, 6.45) is -4.77. The highest BCUT2D eigenvalue weighted by Gasteiger charge is 2.39. The molecule has 2 amide bonds. The molecule has 0 radical (unpaired) electrons. The summed E-state index contributed by atoms with van der Waals surface area (Å²) >= 11 is 9.09. The zero-order chi connectivity index (χ0) is 23.7. The van der Waals surface area contributed by atoms with Crippen molar-refractivity contribution in [3.05, 3.63) is 50.5 Å². The summed E-state index contributed by atoms with van der Waals surface area (Å²) in [6.45, 7) is 0.657. The van der Waals surface area contributed by atoms with Crippen molar-refractivity contribution in [2.45, 2.75) is 19.1 Å². The van der Waals surface area contributed by atoms with Crippen LogP contribution in [0.1, 0.15) is 33.3 Å². The van der Waals surface area contributed by atoms with Crippen LogP contribution >= 0.6 is 27.5 Å². The van der Waals surface area contributed by atoms with Gasteiger partial charge in [0.25, 0.3) is 17.6 Å². The van der Waals surface area contributed by atoms with Crippen LogP contribution in [-0.2, 0) is 11.8 Å². The Hall–Kier alpha value is -2.91. The molecule has 13 heteroatoms. The lowest BCUT2D eigenvalue weighted by atomic mass is 10.1. The average molecular weight is 524 g/mol. The lowest BCUT2D eigenvalue weighted by molar-refractivity contribution is -0.156. The Bertz CT molecular complexity index is 1120. The third kappa shape index (κ3) is 5.05. The summed E-state index contributed by atoms with van der Waals surface area (Å²) < 4.78 is 52.3. The Labute approximate surface area is 186 Å². The summed E-state index contributed by atoms with van der Waals surface area (Å²) in [5, 5.41) is 12.3. The van der Waals surface area contributed by atoms with Gasteiger partial charge in [0.1, 0.15) is 23.6 Å². The number of hydrogen-bond donors (Lipinski definition) is 2. The molecule has 2 N–H and O–H groups in total. The Morgan fingerprint density at radius 1 is 1.29 bits per heavy atom. The number of hydrogen-bond acceptors (Lipinski definition) is 4. The number of ketones is 1. The Morgan fingerprint density at radius 3 is 2.45 bits per heavy atom. The maximum atomic E-state index is 13.4. The van der Waals surface area contributed by atoms with E-state index in [-0.39, 0.29) is 21.5 Å². The van der Waals surface area contributed by atoms with E-state index >= 15 is 0 Å². The van der Waals surface area contributed by atoms with Crippen molar-refractivity contribution < 1.29 is 31.9 Å². The zero-order valence-electron chi connectivity index (χ0n) is 15.7. The fourth-order valence-electron chi connectivity index (χ4n) is 2.40. The molecule has 2 aromatic rings. The first-order valence-electron chi connectivity index (χ1n) is 8.26. The van der Waals surface area contributed by atoms with E-state index in [1.165, 1.54) is 18.4 Å². The Morgan fingerprint density at radius 2 is 1.90 bits per heavy atom. The Kier molecular flexibility index (Phi) is 7.13. The highest BCUT2D eigenvalue weighted by Crippen LogP contribution is 2.32. The zero-order valence-corrected chi connectivity index (χ0v) is 18.0. The number of carbonyl (C=O) groups excluding carboxylic acids is 3. The van der Waals surface area contributed by atoms with Gasteiger partial charge in [0, 0.05) is 12.7 Å². The lowest BCUT2D eigenvalue weighted by Crippen LogP contribution is -2.45.